The van der Waals surface area contributed by atoms with Crippen LogP contribution in [-0.2, 0) is 16.0 Å². The van der Waals surface area contributed by atoms with Crippen molar-refractivity contribution in [2.45, 2.75) is 38.6 Å². The molecule has 1 heterocycles. The highest BCUT2D eigenvalue weighted by Gasteiger charge is 2.40. The summed E-state index contributed by atoms with van der Waals surface area (Å²) in [7, 11) is 0. The van der Waals surface area contributed by atoms with Crippen LogP contribution < -0.4 is 9.80 Å². The predicted molar refractivity (Wildman–Crippen MR) is 98.8 cm³/mol. The number of fused-ring (bicyclic) bond motifs is 1. The van der Waals surface area contributed by atoms with E-state index in [4.69, 9.17) is 0 Å². The number of para-hydroxylation sites is 2. The second kappa shape index (κ2) is 6.36. The maximum atomic E-state index is 12.8. The molecule has 0 N–H and O–H groups in total. The zero-order chi connectivity index (χ0) is 17.4. The zero-order valence-electron chi connectivity index (χ0n) is 14.4. The monoisotopic (exact) mass is 334 g/mol. The third-order valence-electron chi connectivity index (χ3n) is 4.96. The van der Waals surface area contributed by atoms with E-state index < -0.39 is 0 Å². The first-order valence-electron chi connectivity index (χ1n) is 8.90. The molecule has 0 saturated heterocycles. The Morgan fingerprint density at radius 2 is 1.72 bits per heavy atom. The molecule has 128 valence electrons. The number of rotatable bonds is 4. The van der Waals surface area contributed by atoms with Crippen molar-refractivity contribution in [1.82, 2.24) is 0 Å². The number of anilines is 2. The van der Waals surface area contributed by atoms with E-state index in [2.05, 4.69) is 31.2 Å². The molecule has 4 nitrogen and oxygen atoms in total. The molecule has 1 fully saturated rings. The summed E-state index contributed by atoms with van der Waals surface area (Å²) in [5, 5.41) is 0. The van der Waals surface area contributed by atoms with Crippen LogP contribution in [0.1, 0.15) is 30.4 Å². The second-order valence-electron chi connectivity index (χ2n) is 6.95. The molecule has 25 heavy (non-hydrogen) atoms. The van der Waals surface area contributed by atoms with Crippen LogP contribution in [0.15, 0.2) is 48.5 Å². The molecule has 4 rings (SSSR count). The Balaban J connectivity index is 1.53. The highest BCUT2D eigenvalue weighted by molar-refractivity contribution is 6.11. The summed E-state index contributed by atoms with van der Waals surface area (Å²) < 4.78 is 0. The van der Waals surface area contributed by atoms with Gasteiger partial charge in [-0.15, -0.1) is 0 Å². The molecule has 2 aromatic rings. The Labute approximate surface area is 148 Å². The molecule has 1 aliphatic carbocycles. The Bertz CT molecular complexity index is 809. The van der Waals surface area contributed by atoms with E-state index in [0.717, 1.165) is 29.8 Å². The van der Waals surface area contributed by atoms with Gasteiger partial charge in [0.25, 0.3) is 0 Å². The van der Waals surface area contributed by atoms with Gasteiger partial charge in [-0.3, -0.25) is 9.59 Å². The molecule has 0 aromatic heterocycles. The summed E-state index contributed by atoms with van der Waals surface area (Å²) in [6, 6.07) is 16.3. The van der Waals surface area contributed by atoms with Crippen LogP contribution in [0.25, 0.3) is 0 Å². The van der Waals surface area contributed by atoms with Crippen molar-refractivity contribution in [3.8, 4) is 0 Å². The minimum atomic E-state index is 0.0109. The van der Waals surface area contributed by atoms with E-state index in [1.807, 2.05) is 29.2 Å². The fraction of sp³-hybridized carbons (Fsp3) is 0.333. The van der Waals surface area contributed by atoms with E-state index >= 15 is 0 Å². The fourth-order valence-corrected chi connectivity index (χ4v) is 3.42. The van der Waals surface area contributed by atoms with Gasteiger partial charge in [-0.1, -0.05) is 42.0 Å². The average Bonchev–Trinajstić information content (AvgIpc) is 3.45. The molecule has 2 amide bonds. The predicted octanol–water partition coefficient (Wildman–Crippen LogP) is 3.47. The number of nitrogens with zero attached hydrogens (tertiary/aromatic N) is 2. The van der Waals surface area contributed by atoms with Crippen molar-refractivity contribution in [2.24, 2.45) is 0 Å². The van der Waals surface area contributed by atoms with Gasteiger partial charge in [-0.2, -0.15) is 0 Å². The van der Waals surface area contributed by atoms with Crippen molar-refractivity contribution in [1.29, 1.82) is 0 Å². The largest absolute Gasteiger partial charge is 0.306 e. The first-order chi connectivity index (χ1) is 12.1. The number of carbonyl (C=O) groups excluding carboxylic acids is 2. The van der Waals surface area contributed by atoms with Gasteiger partial charge >= 0.3 is 0 Å². The molecule has 0 spiro atoms. The van der Waals surface area contributed by atoms with Gasteiger partial charge < -0.3 is 9.80 Å². The molecular formula is C21H22N2O2. The summed E-state index contributed by atoms with van der Waals surface area (Å²) in [4.78, 5) is 28.9. The summed E-state index contributed by atoms with van der Waals surface area (Å²) in [6.07, 6.45) is 3.22. The molecule has 1 aliphatic heterocycles. The maximum absolute atomic E-state index is 12.8. The van der Waals surface area contributed by atoms with Gasteiger partial charge in [0.2, 0.25) is 11.8 Å². The molecule has 2 aromatic carbocycles. The first-order valence-corrected chi connectivity index (χ1v) is 8.90. The van der Waals surface area contributed by atoms with E-state index in [9.17, 15) is 9.59 Å². The van der Waals surface area contributed by atoms with Gasteiger partial charge in [0, 0.05) is 12.5 Å². The van der Waals surface area contributed by atoms with E-state index in [1.54, 1.807) is 4.90 Å². The van der Waals surface area contributed by atoms with Gasteiger partial charge in [-0.05, 0) is 43.9 Å². The lowest BCUT2D eigenvalue weighted by Crippen LogP contribution is -2.49. The lowest BCUT2D eigenvalue weighted by atomic mass is 10.1. The smallest absolute Gasteiger partial charge is 0.247 e. The Morgan fingerprint density at radius 1 is 1.04 bits per heavy atom. The fourth-order valence-electron chi connectivity index (χ4n) is 3.42. The van der Waals surface area contributed by atoms with Gasteiger partial charge in [0.15, 0.2) is 0 Å². The van der Waals surface area contributed by atoms with Crippen LogP contribution >= 0.6 is 0 Å². The molecular weight excluding hydrogens is 312 g/mol. The van der Waals surface area contributed by atoms with Crippen molar-refractivity contribution >= 4 is 23.2 Å². The summed E-state index contributed by atoms with van der Waals surface area (Å²) in [6.45, 7) is 2.21. The van der Waals surface area contributed by atoms with Crippen LogP contribution in [0.5, 0.6) is 0 Å². The number of amides is 2. The highest BCUT2D eigenvalue weighted by Crippen LogP contribution is 2.40. The van der Waals surface area contributed by atoms with Crippen molar-refractivity contribution in [3.05, 3.63) is 59.7 Å². The van der Waals surface area contributed by atoms with Crippen LogP contribution in [0, 0.1) is 6.92 Å². The zero-order valence-corrected chi connectivity index (χ0v) is 14.4. The van der Waals surface area contributed by atoms with Crippen molar-refractivity contribution < 1.29 is 9.59 Å². The number of hydrogen-bond acceptors (Lipinski definition) is 2. The van der Waals surface area contributed by atoms with Crippen LogP contribution in [0.3, 0.4) is 0 Å². The standard InChI is InChI=1S/C21H22N2O2/c1-15-6-8-16(9-7-15)10-13-20(24)22-14-21(25)23(17-11-12-17)19-5-3-2-4-18(19)22/h2-9,17H,10-14H2,1H3. The molecule has 1 saturated carbocycles. The molecule has 0 radical (unpaired) electrons. The molecule has 2 aliphatic rings. The number of aryl methyl sites for hydroxylation is 2. The Kier molecular flexibility index (Phi) is 4.04. The first kappa shape index (κ1) is 15.9. The van der Waals surface area contributed by atoms with Crippen LogP contribution in [0.2, 0.25) is 0 Å². The Hall–Kier alpha value is -2.62. The lowest BCUT2D eigenvalue weighted by molar-refractivity contribution is -0.123. The number of benzene rings is 2. The molecule has 0 bridgehead atoms. The normalized spacial score (nSPS) is 16.8. The summed E-state index contributed by atoms with van der Waals surface area (Å²) in [5.74, 6) is 0.0432. The maximum Gasteiger partial charge on any atom is 0.247 e. The SMILES string of the molecule is Cc1ccc(CCC(=O)N2CC(=O)N(C3CC3)c3ccccc32)cc1. The minimum absolute atomic E-state index is 0.0109. The third-order valence-corrected chi connectivity index (χ3v) is 4.96. The number of hydrogen-bond donors (Lipinski definition) is 0. The Morgan fingerprint density at radius 3 is 2.40 bits per heavy atom. The van der Waals surface area contributed by atoms with Gasteiger partial charge in [0.1, 0.15) is 6.54 Å². The molecule has 4 heteroatoms. The molecule has 0 atom stereocenters. The van der Waals surface area contributed by atoms with E-state index in [0.29, 0.717) is 18.9 Å². The average molecular weight is 334 g/mol. The summed E-state index contributed by atoms with van der Waals surface area (Å²) in [5.41, 5.74) is 4.11. The van der Waals surface area contributed by atoms with Crippen LogP contribution in [-0.4, -0.2) is 24.4 Å². The summed E-state index contributed by atoms with van der Waals surface area (Å²) >= 11 is 0. The third kappa shape index (κ3) is 3.16. The van der Waals surface area contributed by atoms with Gasteiger partial charge in [-0.25, -0.2) is 0 Å². The molecule has 0 unspecified atom stereocenters. The van der Waals surface area contributed by atoms with Gasteiger partial charge in [0.05, 0.1) is 11.4 Å². The van der Waals surface area contributed by atoms with Crippen molar-refractivity contribution in [2.75, 3.05) is 16.3 Å². The van der Waals surface area contributed by atoms with Crippen LogP contribution in [0.4, 0.5) is 11.4 Å². The van der Waals surface area contributed by atoms with E-state index in [-0.39, 0.29) is 18.4 Å². The van der Waals surface area contributed by atoms with Crippen molar-refractivity contribution in [3.63, 3.8) is 0 Å². The second-order valence-corrected chi connectivity index (χ2v) is 6.95. The topological polar surface area (TPSA) is 40.6 Å². The quantitative estimate of drug-likeness (QED) is 0.859. The van der Waals surface area contributed by atoms with E-state index in [1.165, 1.54) is 5.56 Å². The minimum Gasteiger partial charge on any atom is -0.306 e. The highest BCUT2D eigenvalue weighted by atomic mass is 16.2. The number of carbonyl (C=O) groups is 2. The lowest BCUT2D eigenvalue weighted by Gasteiger charge is -2.36.